The minimum atomic E-state index is -4.42. The maximum Gasteiger partial charge on any atom is 0.417 e. The molecule has 5 heteroatoms. The summed E-state index contributed by atoms with van der Waals surface area (Å²) in [6.07, 6.45) is -4.42. The number of alkyl halides is 3. The smallest absolute Gasteiger partial charge is 0.417 e. The molecule has 0 aliphatic heterocycles. The lowest BCUT2D eigenvalue weighted by Gasteiger charge is -2.13. The molecule has 0 aliphatic rings. The van der Waals surface area contributed by atoms with Gasteiger partial charge in [-0.3, -0.25) is 0 Å². The first-order valence-corrected chi connectivity index (χ1v) is 5.83. The van der Waals surface area contributed by atoms with Crippen molar-refractivity contribution in [3.05, 3.63) is 52.5 Å². The highest BCUT2D eigenvalue weighted by molar-refractivity contribution is 9.10. The third-order valence-corrected chi connectivity index (χ3v) is 2.88. The lowest BCUT2D eigenvalue weighted by atomic mass is 9.99. The Hall–Kier alpha value is -1.49. The maximum atomic E-state index is 12.9. The van der Waals surface area contributed by atoms with Gasteiger partial charge in [-0.1, -0.05) is 34.1 Å². The van der Waals surface area contributed by atoms with Gasteiger partial charge in [0.15, 0.2) is 0 Å². The monoisotopic (exact) mass is 316 g/mol. The van der Waals surface area contributed by atoms with Crippen molar-refractivity contribution in [2.75, 3.05) is 0 Å². The van der Waals surface area contributed by atoms with E-state index in [9.17, 15) is 18.3 Å². The zero-order valence-electron chi connectivity index (χ0n) is 9.00. The molecule has 18 heavy (non-hydrogen) atoms. The van der Waals surface area contributed by atoms with Gasteiger partial charge in [-0.25, -0.2) is 0 Å². The van der Waals surface area contributed by atoms with E-state index in [1.54, 1.807) is 0 Å². The molecule has 0 saturated heterocycles. The number of aromatic hydroxyl groups is 1. The van der Waals surface area contributed by atoms with Crippen molar-refractivity contribution in [2.45, 2.75) is 6.18 Å². The summed E-state index contributed by atoms with van der Waals surface area (Å²) in [6, 6.07) is 9.52. The second kappa shape index (κ2) is 4.65. The van der Waals surface area contributed by atoms with Gasteiger partial charge in [0.2, 0.25) is 0 Å². The van der Waals surface area contributed by atoms with E-state index < -0.39 is 11.7 Å². The fraction of sp³-hybridized carbons (Fsp3) is 0.0769. The zero-order valence-corrected chi connectivity index (χ0v) is 10.6. The molecule has 0 aromatic heterocycles. The van der Waals surface area contributed by atoms with Crippen LogP contribution >= 0.6 is 15.9 Å². The number of hydrogen-bond acceptors (Lipinski definition) is 1. The van der Waals surface area contributed by atoms with Gasteiger partial charge in [-0.15, -0.1) is 0 Å². The predicted octanol–water partition coefficient (Wildman–Crippen LogP) is 4.84. The summed E-state index contributed by atoms with van der Waals surface area (Å²) in [4.78, 5) is 0. The molecule has 1 nitrogen and oxygen atoms in total. The fourth-order valence-electron chi connectivity index (χ4n) is 1.71. The molecule has 2 rings (SSSR count). The average molecular weight is 317 g/mol. The Bertz CT molecular complexity index is 558. The molecular formula is C13H8BrF3O. The highest BCUT2D eigenvalue weighted by atomic mass is 79.9. The van der Waals surface area contributed by atoms with Crippen LogP contribution in [-0.4, -0.2) is 5.11 Å². The van der Waals surface area contributed by atoms with Crippen molar-refractivity contribution in [3.8, 4) is 16.9 Å². The van der Waals surface area contributed by atoms with Crippen molar-refractivity contribution in [1.82, 2.24) is 0 Å². The first-order valence-electron chi connectivity index (χ1n) is 5.04. The number of benzene rings is 2. The Morgan fingerprint density at radius 3 is 2.28 bits per heavy atom. The molecule has 0 spiro atoms. The molecule has 0 bridgehead atoms. The quantitative estimate of drug-likeness (QED) is 0.798. The minimum absolute atomic E-state index is 0.0431. The van der Waals surface area contributed by atoms with Gasteiger partial charge in [0, 0.05) is 4.47 Å². The van der Waals surface area contributed by atoms with Gasteiger partial charge in [0.25, 0.3) is 0 Å². The molecule has 2 aromatic carbocycles. The lowest BCUT2D eigenvalue weighted by Crippen LogP contribution is -2.06. The summed E-state index contributed by atoms with van der Waals surface area (Å²) in [6.45, 7) is 0. The van der Waals surface area contributed by atoms with Crippen molar-refractivity contribution < 1.29 is 18.3 Å². The fourth-order valence-corrected chi connectivity index (χ4v) is 2.19. The van der Waals surface area contributed by atoms with Crippen LogP contribution in [0.5, 0.6) is 5.75 Å². The van der Waals surface area contributed by atoms with E-state index in [2.05, 4.69) is 15.9 Å². The molecule has 0 amide bonds. The van der Waals surface area contributed by atoms with Crippen LogP contribution in [0.2, 0.25) is 0 Å². The Kier molecular flexibility index (Phi) is 3.34. The van der Waals surface area contributed by atoms with Gasteiger partial charge < -0.3 is 5.11 Å². The first kappa shape index (κ1) is 13.0. The van der Waals surface area contributed by atoms with Gasteiger partial charge in [-0.2, -0.15) is 13.2 Å². The molecule has 0 saturated carbocycles. The van der Waals surface area contributed by atoms with Gasteiger partial charge in [-0.05, 0) is 35.4 Å². The third kappa shape index (κ3) is 2.67. The first-order chi connectivity index (χ1) is 8.38. The molecule has 0 aliphatic carbocycles. The van der Waals surface area contributed by atoms with Crippen LogP contribution in [0.3, 0.4) is 0 Å². The molecule has 2 aromatic rings. The van der Waals surface area contributed by atoms with Crippen molar-refractivity contribution in [1.29, 1.82) is 0 Å². The molecule has 0 fully saturated rings. The molecular weight excluding hydrogens is 309 g/mol. The van der Waals surface area contributed by atoms with E-state index in [1.165, 1.54) is 36.4 Å². The van der Waals surface area contributed by atoms with Crippen molar-refractivity contribution in [3.63, 3.8) is 0 Å². The molecule has 0 unspecified atom stereocenters. The van der Waals surface area contributed by atoms with E-state index in [4.69, 9.17) is 0 Å². The van der Waals surface area contributed by atoms with E-state index in [0.717, 1.165) is 6.07 Å². The SMILES string of the molecule is Oc1cc(Br)cc(-c2ccccc2C(F)(F)F)c1. The average Bonchev–Trinajstić information content (AvgIpc) is 2.26. The van der Waals surface area contributed by atoms with Gasteiger partial charge in [0.05, 0.1) is 5.56 Å². The lowest BCUT2D eigenvalue weighted by molar-refractivity contribution is -0.137. The molecule has 0 radical (unpaired) electrons. The second-order valence-electron chi connectivity index (χ2n) is 3.74. The molecule has 1 N–H and O–H groups in total. The minimum Gasteiger partial charge on any atom is -0.508 e. The number of phenolic OH excluding ortho intramolecular Hbond substituents is 1. The Morgan fingerprint density at radius 2 is 1.67 bits per heavy atom. The molecule has 94 valence electrons. The van der Waals surface area contributed by atoms with Crippen LogP contribution < -0.4 is 0 Å². The Morgan fingerprint density at radius 1 is 1.00 bits per heavy atom. The molecule has 0 atom stereocenters. The number of rotatable bonds is 1. The van der Waals surface area contributed by atoms with E-state index >= 15 is 0 Å². The highest BCUT2D eigenvalue weighted by Gasteiger charge is 2.33. The maximum absolute atomic E-state index is 12.9. The van der Waals surface area contributed by atoms with E-state index in [-0.39, 0.29) is 11.3 Å². The second-order valence-corrected chi connectivity index (χ2v) is 4.66. The largest absolute Gasteiger partial charge is 0.508 e. The third-order valence-electron chi connectivity index (χ3n) is 2.43. The normalized spacial score (nSPS) is 11.6. The van der Waals surface area contributed by atoms with Crippen LogP contribution in [0.25, 0.3) is 11.1 Å². The number of halogens is 4. The van der Waals surface area contributed by atoms with Gasteiger partial charge in [0.1, 0.15) is 5.75 Å². The summed E-state index contributed by atoms with van der Waals surface area (Å²) in [7, 11) is 0. The summed E-state index contributed by atoms with van der Waals surface area (Å²) in [5, 5.41) is 9.44. The van der Waals surface area contributed by atoms with Crippen LogP contribution in [0.4, 0.5) is 13.2 Å². The van der Waals surface area contributed by atoms with Crippen LogP contribution in [0, 0.1) is 0 Å². The van der Waals surface area contributed by atoms with E-state index in [1.807, 2.05) is 0 Å². The number of phenols is 1. The zero-order chi connectivity index (χ0) is 13.3. The summed E-state index contributed by atoms with van der Waals surface area (Å²) in [5.41, 5.74) is -0.362. The van der Waals surface area contributed by atoms with Crippen LogP contribution in [0.15, 0.2) is 46.9 Å². The van der Waals surface area contributed by atoms with Gasteiger partial charge >= 0.3 is 6.18 Å². The highest BCUT2D eigenvalue weighted by Crippen LogP contribution is 2.38. The van der Waals surface area contributed by atoms with Crippen molar-refractivity contribution in [2.24, 2.45) is 0 Å². The molecule has 0 heterocycles. The summed E-state index contributed by atoms with van der Waals surface area (Å²) < 4.78 is 39.1. The summed E-state index contributed by atoms with van der Waals surface area (Å²) in [5.74, 6) is -0.0867. The number of hydrogen-bond donors (Lipinski definition) is 1. The Balaban J connectivity index is 2.64. The summed E-state index contributed by atoms with van der Waals surface area (Å²) >= 11 is 3.14. The van der Waals surface area contributed by atoms with Crippen molar-refractivity contribution >= 4 is 15.9 Å². The Labute approximate surface area is 110 Å². The van der Waals surface area contributed by atoms with Crippen LogP contribution in [-0.2, 0) is 6.18 Å². The standard InChI is InChI=1S/C13H8BrF3O/c14-9-5-8(6-10(18)7-9)11-3-1-2-4-12(11)13(15,16)17/h1-7,18H. The van der Waals surface area contributed by atoms with Crippen LogP contribution in [0.1, 0.15) is 5.56 Å². The topological polar surface area (TPSA) is 20.2 Å². The van der Waals surface area contributed by atoms with E-state index in [0.29, 0.717) is 10.0 Å². The predicted molar refractivity (Wildman–Crippen MR) is 66.2 cm³/mol.